The molecule has 0 saturated carbocycles. The van der Waals surface area contributed by atoms with Crippen molar-refractivity contribution in [2.45, 2.75) is 37.3 Å². The molecule has 140 valence electrons. The monoisotopic (exact) mass is 358 g/mol. The minimum absolute atomic E-state index is 0.0458. The summed E-state index contributed by atoms with van der Waals surface area (Å²) in [5.74, 6) is 0.0245. The second-order valence-corrected chi connectivity index (χ2v) is 7.43. The second-order valence-electron chi connectivity index (χ2n) is 7.43. The number of amides is 2. The number of carbonyl (C=O) groups excluding carboxylic acids is 2. The molecule has 1 spiro atoms. The number of nitrogens with zero attached hydrogens (tertiary/aromatic N) is 2. The maximum Gasteiger partial charge on any atom is 0.254 e. The third-order valence-corrected chi connectivity index (χ3v) is 5.78. The second kappa shape index (κ2) is 7.37. The molecule has 1 aromatic rings. The van der Waals surface area contributed by atoms with Gasteiger partial charge < -0.3 is 19.3 Å². The van der Waals surface area contributed by atoms with Crippen molar-refractivity contribution in [3.63, 3.8) is 0 Å². The Morgan fingerprint density at radius 1 is 1.04 bits per heavy atom. The van der Waals surface area contributed by atoms with Gasteiger partial charge in [-0.25, -0.2) is 0 Å². The average molecular weight is 358 g/mol. The zero-order chi connectivity index (χ0) is 18.0. The average Bonchev–Trinajstić information content (AvgIpc) is 3.18. The number of hydrogen-bond donors (Lipinski definition) is 0. The summed E-state index contributed by atoms with van der Waals surface area (Å²) in [6.07, 6.45) is 3.27. The van der Waals surface area contributed by atoms with Crippen LogP contribution in [0.3, 0.4) is 0 Å². The highest BCUT2D eigenvalue weighted by atomic mass is 16.5. The Balaban J connectivity index is 1.47. The van der Waals surface area contributed by atoms with Gasteiger partial charge >= 0.3 is 0 Å². The Labute approximate surface area is 154 Å². The summed E-state index contributed by atoms with van der Waals surface area (Å²) in [5.41, 5.74) is 0.383. The van der Waals surface area contributed by atoms with Crippen LogP contribution >= 0.6 is 0 Å². The van der Waals surface area contributed by atoms with E-state index in [0.717, 1.165) is 25.7 Å². The Kier molecular flexibility index (Phi) is 4.96. The number of likely N-dealkylation sites (tertiary alicyclic amines) is 1. The lowest BCUT2D eigenvalue weighted by molar-refractivity contribution is -0.170. The van der Waals surface area contributed by atoms with Crippen LogP contribution in [0, 0.1) is 0 Å². The van der Waals surface area contributed by atoms with Gasteiger partial charge in [-0.2, -0.15) is 0 Å². The Morgan fingerprint density at radius 2 is 1.81 bits per heavy atom. The van der Waals surface area contributed by atoms with Crippen LogP contribution in [0.25, 0.3) is 0 Å². The molecule has 1 aromatic carbocycles. The van der Waals surface area contributed by atoms with Gasteiger partial charge in [-0.3, -0.25) is 9.59 Å². The van der Waals surface area contributed by atoms with Crippen molar-refractivity contribution >= 4 is 11.8 Å². The lowest BCUT2D eigenvalue weighted by atomic mass is 9.91. The molecule has 1 unspecified atom stereocenters. The van der Waals surface area contributed by atoms with Crippen LogP contribution in [0.4, 0.5) is 0 Å². The lowest BCUT2D eigenvalue weighted by Crippen LogP contribution is -2.59. The molecule has 4 rings (SSSR count). The van der Waals surface area contributed by atoms with Crippen molar-refractivity contribution in [3.05, 3.63) is 35.9 Å². The van der Waals surface area contributed by atoms with E-state index in [1.165, 1.54) is 0 Å². The van der Waals surface area contributed by atoms with Gasteiger partial charge in [-0.05, 0) is 25.0 Å². The van der Waals surface area contributed by atoms with Crippen molar-refractivity contribution < 1.29 is 19.1 Å². The van der Waals surface area contributed by atoms with Crippen LogP contribution in [0.2, 0.25) is 0 Å². The topological polar surface area (TPSA) is 59.1 Å². The van der Waals surface area contributed by atoms with E-state index in [-0.39, 0.29) is 23.5 Å². The van der Waals surface area contributed by atoms with Gasteiger partial charge in [0.05, 0.1) is 12.2 Å². The van der Waals surface area contributed by atoms with E-state index in [0.29, 0.717) is 45.0 Å². The smallest absolute Gasteiger partial charge is 0.254 e. The molecule has 0 N–H and O–H groups in total. The predicted octanol–water partition coefficient (Wildman–Crippen LogP) is 1.70. The van der Waals surface area contributed by atoms with E-state index in [1.54, 1.807) is 4.90 Å². The summed E-state index contributed by atoms with van der Waals surface area (Å²) in [7, 11) is 0. The summed E-state index contributed by atoms with van der Waals surface area (Å²) < 4.78 is 11.5. The molecule has 3 saturated heterocycles. The molecule has 3 aliphatic heterocycles. The SMILES string of the molecule is O=C(C1CCCN1C(=O)c1ccccc1)N1CCOC2(CCOCC2)C1. The van der Waals surface area contributed by atoms with Crippen LogP contribution in [0.15, 0.2) is 30.3 Å². The highest BCUT2D eigenvalue weighted by Gasteiger charge is 2.43. The number of carbonyl (C=O) groups is 2. The summed E-state index contributed by atoms with van der Waals surface area (Å²) in [5, 5.41) is 0. The molecular formula is C20H26N2O4. The molecule has 3 heterocycles. The molecule has 2 amide bonds. The van der Waals surface area contributed by atoms with Crippen molar-refractivity contribution in [2.24, 2.45) is 0 Å². The van der Waals surface area contributed by atoms with E-state index in [2.05, 4.69) is 0 Å². The number of ether oxygens (including phenoxy) is 2. The van der Waals surface area contributed by atoms with Crippen LogP contribution < -0.4 is 0 Å². The van der Waals surface area contributed by atoms with Crippen molar-refractivity contribution in [2.75, 3.05) is 39.5 Å². The Morgan fingerprint density at radius 3 is 2.58 bits per heavy atom. The van der Waals surface area contributed by atoms with Crippen LogP contribution in [-0.4, -0.2) is 72.7 Å². The van der Waals surface area contributed by atoms with Crippen molar-refractivity contribution in [1.29, 1.82) is 0 Å². The Bertz CT molecular complexity index is 652. The normalized spacial score (nSPS) is 25.5. The Hall–Kier alpha value is -1.92. The molecule has 0 aliphatic carbocycles. The predicted molar refractivity (Wildman–Crippen MR) is 95.8 cm³/mol. The van der Waals surface area contributed by atoms with Crippen LogP contribution in [0.1, 0.15) is 36.0 Å². The van der Waals surface area contributed by atoms with Gasteiger partial charge in [0, 0.05) is 51.3 Å². The van der Waals surface area contributed by atoms with Gasteiger partial charge in [-0.15, -0.1) is 0 Å². The van der Waals surface area contributed by atoms with Crippen molar-refractivity contribution in [1.82, 2.24) is 9.80 Å². The third kappa shape index (κ3) is 3.35. The lowest BCUT2D eigenvalue weighted by Gasteiger charge is -2.45. The minimum Gasteiger partial charge on any atom is -0.381 e. The maximum atomic E-state index is 13.2. The number of morpholine rings is 1. The van der Waals surface area contributed by atoms with E-state index in [4.69, 9.17) is 9.47 Å². The highest BCUT2D eigenvalue weighted by Crippen LogP contribution is 2.31. The van der Waals surface area contributed by atoms with E-state index < -0.39 is 0 Å². The molecule has 3 aliphatic rings. The zero-order valence-electron chi connectivity index (χ0n) is 15.1. The molecule has 26 heavy (non-hydrogen) atoms. The number of hydrogen-bond acceptors (Lipinski definition) is 4. The summed E-state index contributed by atoms with van der Waals surface area (Å²) >= 11 is 0. The molecule has 0 bridgehead atoms. The van der Waals surface area contributed by atoms with Gasteiger partial charge in [0.15, 0.2) is 0 Å². The first-order chi connectivity index (χ1) is 12.7. The summed E-state index contributed by atoms with van der Waals surface area (Å²) in [6.45, 7) is 3.79. The third-order valence-electron chi connectivity index (χ3n) is 5.78. The maximum absolute atomic E-state index is 13.2. The fourth-order valence-corrected chi connectivity index (χ4v) is 4.30. The first-order valence-electron chi connectivity index (χ1n) is 9.55. The quantitative estimate of drug-likeness (QED) is 0.807. The summed E-state index contributed by atoms with van der Waals surface area (Å²) in [6, 6.07) is 8.89. The van der Waals surface area contributed by atoms with Crippen molar-refractivity contribution in [3.8, 4) is 0 Å². The van der Waals surface area contributed by atoms with Crippen LogP contribution in [0.5, 0.6) is 0 Å². The molecule has 1 atom stereocenters. The molecule has 0 radical (unpaired) electrons. The highest BCUT2D eigenvalue weighted by molar-refractivity contribution is 5.98. The van der Waals surface area contributed by atoms with E-state index in [1.807, 2.05) is 35.2 Å². The van der Waals surface area contributed by atoms with Crippen LogP contribution in [-0.2, 0) is 14.3 Å². The fourth-order valence-electron chi connectivity index (χ4n) is 4.30. The van der Waals surface area contributed by atoms with Gasteiger partial charge in [-0.1, -0.05) is 18.2 Å². The number of benzene rings is 1. The molecule has 0 aromatic heterocycles. The zero-order valence-corrected chi connectivity index (χ0v) is 15.1. The summed E-state index contributed by atoms with van der Waals surface area (Å²) in [4.78, 5) is 29.7. The van der Waals surface area contributed by atoms with E-state index >= 15 is 0 Å². The van der Waals surface area contributed by atoms with Gasteiger partial charge in [0.1, 0.15) is 6.04 Å². The molecule has 3 fully saturated rings. The first kappa shape index (κ1) is 17.5. The van der Waals surface area contributed by atoms with Gasteiger partial charge in [0.2, 0.25) is 5.91 Å². The standard InChI is InChI=1S/C20H26N2O4/c23-18(16-5-2-1-3-6-16)22-10-4-7-17(22)19(24)21-11-14-26-20(15-21)8-12-25-13-9-20/h1-3,5-6,17H,4,7-15H2. The molecule has 6 heteroatoms. The largest absolute Gasteiger partial charge is 0.381 e. The number of rotatable bonds is 2. The first-order valence-corrected chi connectivity index (χ1v) is 9.55. The van der Waals surface area contributed by atoms with E-state index in [9.17, 15) is 9.59 Å². The fraction of sp³-hybridized carbons (Fsp3) is 0.600. The molecule has 6 nitrogen and oxygen atoms in total. The van der Waals surface area contributed by atoms with Gasteiger partial charge in [0.25, 0.3) is 5.91 Å². The minimum atomic E-state index is -0.349. The molecular weight excluding hydrogens is 332 g/mol.